The molecular weight excluding hydrogens is 448 g/mol. The van der Waals surface area contributed by atoms with Crippen LogP contribution < -0.4 is 9.46 Å². The first-order valence-corrected chi connectivity index (χ1v) is 12.2. The Kier molecular flexibility index (Phi) is 8.29. The van der Waals surface area contributed by atoms with Gasteiger partial charge in [0.2, 0.25) is 0 Å². The molecule has 0 radical (unpaired) electrons. The molecule has 0 bridgehead atoms. The number of ether oxygens (including phenoxy) is 3. The molecule has 1 fully saturated rings. The fourth-order valence-corrected chi connectivity index (χ4v) is 4.32. The van der Waals surface area contributed by atoms with Crippen LogP contribution in [0.4, 0.5) is 5.69 Å². The molecule has 1 heterocycles. The second-order valence-electron chi connectivity index (χ2n) is 7.44. The molecule has 0 atom stereocenters. The van der Waals surface area contributed by atoms with Gasteiger partial charge in [0.1, 0.15) is 5.75 Å². The maximum absolute atomic E-state index is 13.0. The van der Waals surface area contributed by atoms with Crippen molar-refractivity contribution in [2.75, 3.05) is 44.7 Å². The predicted molar refractivity (Wildman–Crippen MR) is 122 cm³/mol. The van der Waals surface area contributed by atoms with Crippen LogP contribution in [0.25, 0.3) is 0 Å². The highest BCUT2D eigenvalue weighted by Gasteiger charge is 2.25. The van der Waals surface area contributed by atoms with Crippen molar-refractivity contribution < 1.29 is 32.2 Å². The van der Waals surface area contributed by atoms with Crippen molar-refractivity contribution in [1.29, 1.82) is 0 Å². The highest BCUT2D eigenvalue weighted by molar-refractivity contribution is 7.92. The van der Waals surface area contributed by atoms with E-state index in [-0.39, 0.29) is 27.8 Å². The zero-order valence-corrected chi connectivity index (χ0v) is 19.5. The molecule has 0 aromatic heterocycles. The topological polar surface area (TPSA) is 111 Å². The van der Waals surface area contributed by atoms with Crippen LogP contribution in [0.1, 0.15) is 40.5 Å². The number of sulfonamides is 1. The fraction of sp³-hybridized carbons (Fsp3) is 0.391. The van der Waals surface area contributed by atoms with Gasteiger partial charge in [-0.05, 0) is 48.9 Å². The van der Waals surface area contributed by atoms with Gasteiger partial charge in [-0.15, -0.1) is 0 Å². The monoisotopic (exact) mass is 476 g/mol. The zero-order valence-electron chi connectivity index (χ0n) is 18.7. The normalized spacial score (nSPS) is 13.9. The van der Waals surface area contributed by atoms with Crippen molar-refractivity contribution in [1.82, 2.24) is 4.90 Å². The minimum absolute atomic E-state index is 0.0806. The molecule has 10 heteroatoms. The second-order valence-corrected chi connectivity index (χ2v) is 9.12. The number of carbonyl (C=O) groups is 2. The van der Waals surface area contributed by atoms with Gasteiger partial charge in [0, 0.05) is 18.8 Å². The van der Waals surface area contributed by atoms with E-state index < -0.39 is 16.0 Å². The van der Waals surface area contributed by atoms with Crippen molar-refractivity contribution in [2.24, 2.45) is 0 Å². The number of unbranched alkanes of at least 4 members (excludes halogenated alkanes) is 1. The fourth-order valence-electron chi connectivity index (χ4n) is 3.24. The van der Waals surface area contributed by atoms with Gasteiger partial charge < -0.3 is 19.1 Å². The van der Waals surface area contributed by atoms with E-state index >= 15 is 0 Å². The number of hydrogen-bond acceptors (Lipinski definition) is 7. The number of rotatable bonds is 9. The molecule has 1 N–H and O–H groups in total. The quantitative estimate of drug-likeness (QED) is 0.438. The van der Waals surface area contributed by atoms with Crippen molar-refractivity contribution in [2.45, 2.75) is 24.7 Å². The van der Waals surface area contributed by atoms with E-state index in [9.17, 15) is 18.0 Å². The Morgan fingerprint density at radius 3 is 2.42 bits per heavy atom. The zero-order chi connectivity index (χ0) is 23.8. The highest BCUT2D eigenvalue weighted by Crippen LogP contribution is 2.26. The van der Waals surface area contributed by atoms with E-state index in [1.54, 1.807) is 4.90 Å². The van der Waals surface area contributed by atoms with Gasteiger partial charge in [0.05, 0.1) is 43.0 Å². The van der Waals surface area contributed by atoms with Crippen molar-refractivity contribution in [3.63, 3.8) is 0 Å². The molecule has 33 heavy (non-hydrogen) atoms. The van der Waals surface area contributed by atoms with Crippen LogP contribution in [0.2, 0.25) is 0 Å². The second kappa shape index (κ2) is 11.2. The van der Waals surface area contributed by atoms with Gasteiger partial charge in [0.25, 0.3) is 15.9 Å². The summed E-state index contributed by atoms with van der Waals surface area (Å²) in [7, 11) is -2.57. The van der Waals surface area contributed by atoms with Crippen molar-refractivity contribution in [3.8, 4) is 5.75 Å². The third-order valence-electron chi connectivity index (χ3n) is 5.11. The number of anilines is 1. The largest absolute Gasteiger partial charge is 0.496 e. The number of morpholine rings is 1. The molecule has 3 rings (SSSR count). The molecule has 178 valence electrons. The Hall–Kier alpha value is -3.11. The summed E-state index contributed by atoms with van der Waals surface area (Å²) < 4.78 is 44.1. The molecule has 1 aliphatic heterocycles. The number of methoxy groups -OCH3 is 1. The van der Waals surface area contributed by atoms with Gasteiger partial charge in [-0.3, -0.25) is 9.52 Å². The van der Waals surface area contributed by atoms with Crippen molar-refractivity contribution in [3.05, 3.63) is 53.6 Å². The molecule has 2 aromatic rings. The Morgan fingerprint density at radius 1 is 1.09 bits per heavy atom. The molecule has 1 saturated heterocycles. The SMILES string of the molecule is CCCCOC(=O)c1ccc(NS(=O)(=O)c2ccc(OC)c(C(=O)N3CCOCC3)c2)cc1. The van der Waals surface area contributed by atoms with Crippen LogP contribution in [0.5, 0.6) is 5.75 Å². The molecule has 0 aliphatic carbocycles. The number of carbonyl (C=O) groups excluding carboxylic acids is 2. The van der Waals surface area contributed by atoms with Crippen LogP contribution in [0.3, 0.4) is 0 Å². The predicted octanol–water partition coefficient (Wildman–Crippen LogP) is 2.93. The van der Waals surface area contributed by atoms with Gasteiger partial charge in [-0.25, -0.2) is 13.2 Å². The van der Waals surface area contributed by atoms with Gasteiger partial charge in [-0.1, -0.05) is 13.3 Å². The summed E-state index contributed by atoms with van der Waals surface area (Å²) >= 11 is 0. The summed E-state index contributed by atoms with van der Waals surface area (Å²) in [4.78, 5) is 26.5. The van der Waals surface area contributed by atoms with Gasteiger partial charge in [-0.2, -0.15) is 0 Å². The first kappa shape index (κ1) is 24.5. The Morgan fingerprint density at radius 2 is 1.79 bits per heavy atom. The lowest BCUT2D eigenvalue weighted by Gasteiger charge is -2.27. The van der Waals surface area contributed by atoms with Gasteiger partial charge in [0.15, 0.2) is 0 Å². The smallest absolute Gasteiger partial charge is 0.338 e. The van der Waals surface area contributed by atoms with E-state index in [1.165, 1.54) is 49.6 Å². The molecule has 2 aromatic carbocycles. The summed E-state index contributed by atoms with van der Waals surface area (Å²) in [6, 6.07) is 10.1. The molecular formula is C23H28N2O7S. The number of esters is 1. The Bertz CT molecular complexity index is 1080. The first-order chi connectivity index (χ1) is 15.9. The first-order valence-electron chi connectivity index (χ1n) is 10.7. The van der Waals surface area contributed by atoms with Crippen LogP contribution in [-0.2, 0) is 19.5 Å². The average Bonchev–Trinajstić information content (AvgIpc) is 2.84. The average molecular weight is 477 g/mol. The lowest BCUT2D eigenvalue weighted by molar-refractivity contribution is 0.0300. The van der Waals surface area contributed by atoms with Crippen LogP contribution in [0, 0.1) is 0 Å². The maximum Gasteiger partial charge on any atom is 0.338 e. The van der Waals surface area contributed by atoms with Crippen LogP contribution in [0.15, 0.2) is 47.4 Å². The standard InChI is InChI=1S/C23H28N2O7S/c1-3-4-13-32-23(27)17-5-7-18(8-6-17)24-33(28,29)19-9-10-21(30-2)20(16-19)22(26)25-11-14-31-15-12-25/h5-10,16,24H,3-4,11-15H2,1-2H3. The van der Waals surface area contributed by atoms with Gasteiger partial charge >= 0.3 is 5.97 Å². The summed E-state index contributed by atoms with van der Waals surface area (Å²) in [6.45, 7) is 4.03. The van der Waals surface area contributed by atoms with Crippen molar-refractivity contribution >= 4 is 27.6 Å². The van der Waals surface area contributed by atoms with E-state index in [0.29, 0.717) is 38.5 Å². The number of nitrogens with zero attached hydrogens (tertiary/aromatic N) is 1. The van der Waals surface area contributed by atoms with E-state index in [4.69, 9.17) is 14.2 Å². The molecule has 9 nitrogen and oxygen atoms in total. The lowest BCUT2D eigenvalue weighted by atomic mass is 10.1. The minimum atomic E-state index is -3.99. The molecule has 1 amide bonds. The lowest BCUT2D eigenvalue weighted by Crippen LogP contribution is -2.40. The number of amides is 1. The number of hydrogen-bond donors (Lipinski definition) is 1. The third-order valence-corrected chi connectivity index (χ3v) is 6.49. The number of nitrogens with one attached hydrogen (secondary N) is 1. The minimum Gasteiger partial charge on any atom is -0.496 e. The highest BCUT2D eigenvalue weighted by atomic mass is 32.2. The summed E-state index contributed by atoms with van der Waals surface area (Å²) in [5, 5.41) is 0. The molecule has 1 aliphatic rings. The van der Waals surface area contributed by atoms with Crippen LogP contribution >= 0.6 is 0 Å². The molecule has 0 saturated carbocycles. The van der Waals surface area contributed by atoms with Crippen LogP contribution in [-0.4, -0.2) is 65.2 Å². The maximum atomic E-state index is 13.0. The van der Waals surface area contributed by atoms with E-state index in [0.717, 1.165) is 12.8 Å². The summed E-state index contributed by atoms with van der Waals surface area (Å²) in [5.74, 6) is -0.492. The third kappa shape index (κ3) is 6.23. The molecule has 0 unspecified atom stereocenters. The van der Waals surface area contributed by atoms with E-state index in [1.807, 2.05) is 6.92 Å². The summed E-state index contributed by atoms with van der Waals surface area (Å²) in [6.07, 6.45) is 1.70. The van der Waals surface area contributed by atoms with E-state index in [2.05, 4.69) is 4.72 Å². The number of benzene rings is 2. The summed E-state index contributed by atoms with van der Waals surface area (Å²) in [5.41, 5.74) is 0.765. The Labute approximate surface area is 193 Å². The Balaban J connectivity index is 1.77. The molecule has 0 spiro atoms.